The summed E-state index contributed by atoms with van der Waals surface area (Å²) in [7, 11) is 0. The largest absolute Gasteiger partial charge is 0.367 e. The zero-order valence-electron chi connectivity index (χ0n) is 12.9. The minimum atomic E-state index is 0.564. The van der Waals surface area contributed by atoms with Crippen molar-refractivity contribution >= 4 is 5.82 Å². The third-order valence-electron chi connectivity index (χ3n) is 3.51. The summed E-state index contributed by atoms with van der Waals surface area (Å²) in [5.41, 5.74) is 4.45. The molecule has 2 aromatic heterocycles. The number of rotatable bonds is 5. The van der Waals surface area contributed by atoms with Gasteiger partial charge in [0.15, 0.2) is 5.82 Å². The summed E-state index contributed by atoms with van der Waals surface area (Å²) in [5, 5.41) is 25.0. The van der Waals surface area contributed by atoms with Crippen molar-refractivity contribution in [2.24, 2.45) is 0 Å². The fourth-order valence-electron chi connectivity index (χ4n) is 2.21. The molecule has 0 aromatic carbocycles. The number of aryl methyl sites for hydroxylation is 4. The highest BCUT2D eigenvalue weighted by Crippen LogP contribution is 2.16. The van der Waals surface area contributed by atoms with Crippen LogP contribution in [0.2, 0.25) is 0 Å². The second kappa shape index (κ2) is 6.35. The van der Waals surface area contributed by atoms with Gasteiger partial charge in [0.1, 0.15) is 11.6 Å². The lowest BCUT2D eigenvalue weighted by molar-refractivity contribution is 0.573. The topological polar surface area (TPSA) is 79.4 Å². The molecule has 0 aliphatic rings. The molecule has 6 heteroatoms. The molecule has 2 heterocycles. The van der Waals surface area contributed by atoms with Gasteiger partial charge in [-0.15, -0.1) is 5.10 Å². The summed E-state index contributed by atoms with van der Waals surface area (Å²) in [6.45, 7) is 9.36. The van der Waals surface area contributed by atoms with Crippen molar-refractivity contribution in [2.45, 2.75) is 40.7 Å². The predicted molar refractivity (Wildman–Crippen MR) is 81.0 cm³/mol. The van der Waals surface area contributed by atoms with E-state index in [0.29, 0.717) is 11.4 Å². The summed E-state index contributed by atoms with van der Waals surface area (Å²) < 4.78 is 1.99. The Hall–Kier alpha value is -2.42. The molecule has 0 fully saturated rings. The number of nitriles is 1. The van der Waals surface area contributed by atoms with Crippen LogP contribution in [-0.4, -0.2) is 26.5 Å². The first kappa shape index (κ1) is 15.0. The fraction of sp³-hybridized carbons (Fsp3) is 0.467. The number of anilines is 1. The van der Waals surface area contributed by atoms with E-state index in [-0.39, 0.29) is 0 Å². The molecule has 21 heavy (non-hydrogen) atoms. The average Bonchev–Trinajstić information content (AvgIpc) is 2.77. The van der Waals surface area contributed by atoms with Crippen molar-refractivity contribution in [3.05, 3.63) is 34.3 Å². The Bertz CT molecular complexity index is 680. The van der Waals surface area contributed by atoms with Crippen LogP contribution < -0.4 is 5.32 Å². The lowest BCUT2D eigenvalue weighted by Crippen LogP contribution is -2.12. The molecule has 0 radical (unpaired) electrons. The van der Waals surface area contributed by atoms with E-state index < -0.39 is 0 Å². The van der Waals surface area contributed by atoms with Crippen molar-refractivity contribution in [2.75, 3.05) is 11.9 Å². The maximum atomic E-state index is 9.23. The van der Waals surface area contributed by atoms with Crippen molar-refractivity contribution in [1.82, 2.24) is 20.0 Å². The number of nitrogens with one attached hydrogen (secondary N) is 1. The van der Waals surface area contributed by atoms with Gasteiger partial charge in [-0.25, -0.2) is 0 Å². The van der Waals surface area contributed by atoms with E-state index in [2.05, 4.69) is 39.7 Å². The fourth-order valence-corrected chi connectivity index (χ4v) is 2.21. The van der Waals surface area contributed by atoms with Crippen LogP contribution in [-0.2, 0) is 6.54 Å². The van der Waals surface area contributed by atoms with Crippen LogP contribution in [0.5, 0.6) is 0 Å². The number of hydrogen-bond donors (Lipinski definition) is 1. The van der Waals surface area contributed by atoms with E-state index >= 15 is 0 Å². The molecule has 2 aromatic rings. The lowest BCUT2D eigenvalue weighted by atomic mass is 10.1. The smallest absolute Gasteiger partial charge is 0.166 e. The van der Waals surface area contributed by atoms with Crippen LogP contribution in [0, 0.1) is 39.0 Å². The van der Waals surface area contributed by atoms with Crippen molar-refractivity contribution < 1.29 is 0 Å². The van der Waals surface area contributed by atoms with Crippen LogP contribution in [0.15, 0.2) is 6.07 Å². The lowest BCUT2D eigenvalue weighted by Gasteiger charge is -2.10. The molecule has 0 aliphatic carbocycles. The van der Waals surface area contributed by atoms with Crippen molar-refractivity contribution in [3.8, 4) is 6.07 Å². The first-order valence-corrected chi connectivity index (χ1v) is 7.02. The normalized spacial score (nSPS) is 10.4. The van der Waals surface area contributed by atoms with E-state index in [0.717, 1.165) is 42.2 Å². The monoisotopic (exact) mass is 284 g/mol. The Labute approximate surface area is 124 Å². The van der Waals surface area contributed by atoms with E-state index in [4.69, 9.17) is 0 Å². The third-order valence-corrected chi connectivity index (χ3v) is 3.51. The Morgan fingerprint density at radius 1 is 1.24 bits per heavy atom. The molecule has 0 aliphatic heterocycles. The highest BCUT2D eigenvalue weighted by atomic mass is 15.3. The molecule has 2 rings (SSSR count). The maximum Gasteiger partial charge on any atom is 0.166 e. The SMILES string of the molecule is Cc1cc(C)n(CCCNc2nnc(C)c(C)c2C#N)n1. The van der Waals surface area contributed by atoms with Crippen LogP contribution in [0.25, 0.3) is 0 Å². The molecule has 110 valence electrons. The highest BCUT2D eigenvalue weighted by molar-refractivity contribution is 5.55. The molecule has 0 bridgehead atoms. The van der Waals surface area contributed by atoms with Gasteiger partial charge in [-0.1, -0.05) is 0 Å². The van der Waals surface area contributed by atoms with Crippen LogP contribution in [0.1, 0.15) is 34.6 Å². The van der Waals surface area contributed by atoms with Crippen LogP contribution in [0.4, 0.5) is 5.82 Å². The van der Waals surface area contributed by atoms with Crippen LogP contribution >= 0.6 is 0 Å². The minimum absolute atomic E-state index is 0.564. The van der Waals surface area contributed by atoms with E-state index in [1.165, 1.54) is 0 Å². The molecule has 0 spiro atoms. The van der Waals surface area contributed by atoms with E-state index in [1.807, 2.05) is 25.5 Å². The Balaban J connectivity index is 1.94. The van der Waals surface area contributed by atoms with Gasteiger partial charge in [0.25, 0.3) is 0 Å². The first-order valence-electron chi connectivity index (χ1n) is 7.02. The zero-order chi connectivity index (χ0) is 15.4. The van der Waals surface area contributed by atoms with Gasteiger partial charge in [-0.3, -0.25) is 4.68 Å². The van der Waals surface area contributed by atoms with Gasteiger partial charge in [-0.05, 0) is 45.7 Å². The molecule has 6 nitrogen and oxygen atoms in total. The maximum absolute atomic E-state index is 9.23. The third kappa shape index (κ3) is 3.37. The van der Waals surface area contributed by atoms with Gasteiger partial charge in [0, 0.05) is 18.8 Å². The quantitative estimate of drug-likeness (QED) is 0.852. The van der Waals surface area contributed by atoms with Gasteiger partial charge >= 0.3 is 0 Å². The molecule has 0 saturated heterocycles. The summed E-state index contributed by atoms with van der Waals surface area (Å²) >= 11 is 0. The second-order valence-electron chi connectivity index (χ2n) is 5.18. The molecule has 1 N–H and O–H groups in total. The van der Waals surface area contributed by atoms with E-state index in [1.54, 1.807) is 0 Å². The summed E-state index contributed by atoms with van der Waals surface area (Å²) in [4.78, 5) is 0. The minimum Gasteiger partial charge on any atom is -0.367 e. The molecule has 0 saturated carbocycles. The Morgan fingerprint density at radius 2 is 2.00 bits per heavy atom. The summed E-state index contributed by atoms with van der Waals surface area (Å²) in [5.74, 6) is 0.564. The van der Waals surface area contributed by atoms with Gasteiger partial charge in [0.2, 0.25) is 0 Å². The summed E-state index contributed by atoms with van der Waals surface area (Å²) in [6, 6.07) is 4.26. The molecular formula is C15H20N6. The van der Waals surface area contributed by atoms with Crippen LogP contribution in [0.3, 0.4) is 0 Å². The zero-order valence-corrected chi connectivity index (χ0v) is 12.9. The molecule has 0 atom stereocenters. The average molecular weight is 284 g/mol. The Morgan fingerprint density at radius 3 is 2.62 bits per heavy atom. The standard InChI is InChI=1S/C15H20N6/c1-10-8-11(2)21(20-10)7-5-6-17-15-14(9-16)12(3)13(4)18-19-15/h8H,5-7H2,1-4H3,(H,17,19). The Kier molecular flexibility index (Phi) is 4.53. The molecule has 0 unspecified atom stereocenters. The highest BCUT2D eigenvalue weighted by Gasteiger charge is 2.10. The second-order valence-corrected chi connectivity index (χ2v) is 5.18. The van der Waals surface area contributed by atoms with E-state index in [9.17, 15) is 5.26 Å². The first-order chi connectivity index (χ1) is 10.0. The van der Waals surface area contributed by atoms with Gasteiger partial charge in [-0.2, -0.15) is 15.5 Å². The van der Waals surface area contributed by atoms with Crippen molar-refractivity contribution in [3.63, 3.8) is 0 Å². The molecule has 0 amide bonds. The number of nitrogens with zero attached hydrogens (tertiary/aromatic N) is 5. The van der Waals surface area contributed by atoms with Gasteiger partial charge < -0.3 is 5.32 Å². The predicted octanol–water partition coefficient (Wildman–Crippen LogP) is 2.28. The number of hydrogen-bond acceptors (Lipinski definition) is 5. The number of aromatic nitrogens is 4. The molecular weight excluding hydrogens is 264 g/mol. The van der Waals surface area contributed by atoms with Crippen molar-refractivity contribution in [1.29, 1.82) is 5.26 Å². The van der Waals surface area contributed by atoms with Gasteiger partial charge in [0.05, 0.1) is 11.4 Å². The summed E-state index contributed by atoms with van der Waals surface area (Å²) in [6.07, 6.45) is 0.904.